The van der Waals surface area contributed by atoms with Crippen LogP contribution in [0.15, 0.2) is 48.1 Å². The van der Waals surface area contributed by atoms with Crippen LogP contribution in [0, 0.1) is 0 Å². The molecule has 0 aliphatic heterocycles. The Balaban J connectivity index is 1.64. The molecule has 0 radical (unpaired) electrons. The number of primary amides is 1. The molecule has 2 heterocycles. The van der Waals surface area contributed by atoms with Gasteiger partial charge in [0.15, 0.2) is 5.13 Å². The second-order valence-electron chi connectivity index (χ2n) is 6.96. The van der Waals surface area contributed by atoms with Crippen molar-refractivity contribution in [2.45, 2.75) is 20.0 Å². The Bertz CT molecular complexity index is 1190. The molecule has 3 N–H and O–H groups in total. The van der Waals surface area contributed by atoms with Crippen molar-refractivity contribution >= 4 is 39.1 Å². The molecule has 0 atom stereocenters. The molecule has 148 valence electrons. The van der Waals surface area contributed by atoms with Crippen LogP contribution in [0.25, 0.3) is 22.3 Å². The van der Waals surface area contributed by atoms with Gasteiger partial charge in [-0.1, -0.05) is 6.07 Å². The smallest absolute Gasteiger partial charge is 0.248 e. The van der Waals surface area contributed by atoms with E-state index < -0.39 is 5.91 Å². The number of thiazole rings is 1. The highest BCUT2D eigenvalue weighted by Crippen LogP contribution is 2.33. The van der Waals surface area contributed by atoms with Gasteiger partial charge >= 0.3 is 0 Å². The number of nitrogens with zero attached hydrogens (tertiary/aromatic N) is 3. The fourth-order valence-corrected chi connectivity index (χ4v) is 3.74. The van der Waals surface area contributed by atoms with Crippen molar-refractivity contribution in [1.29, 1.82) is 0 Å². The first-order valence-electron chi connectivity index (χ1n) is 9.15. The Labute approximate surface area is 172 Å². The molecule has 0 aliphatic rings. The highest BCUT2D eigenvalue weighted by molar-refractivity contribution is 7.14. The van der Waals surface area contributed by atoms with Gasteiger partial charge in [0.2, 0.25) is 5.91 Å². The molecule has 8 heteroatoms. The molecule has 0 spiro atoms. The quantitative estimate of drug-likeness (QED) is 0.496. The van der Waals surface area contributed by atoms with Crippen LogP contribution in [-0.4, -0.2) is 26.5 Å². The minimum atomic E-state index is -0.493. The Morgan fingerprint density at radius 1 is 1.24 bits per heavy atom. The number of aromatic nitrogens is 3. The second-order valence-corrected chi connectivity index (χ2v) is 7.82. The summed E-state index contributed by atoms with van der Waals surface area (Å²) in [7, 11) is 1.97. The molecule has 4 rings (SSSR count). The maximum Gasteiger partial charge on any atom is 0.248 e. The van der Waals surface area contributed by atoms with Crippen LogP contribution < -0.4 is 15.8 Å². The normalized spacial score (nSPS) is 11.2. The third-order valence-electron chi connectivity index (χ3n) is 4.39. The van der Waals surface area contributed by atoms with E-state index in [1.165, 1.54) is 11.3 Å². The zero-order valence-electron chi connectivity index (χ0n) is 16.3. The van der Waals surface area contributed by atoms with Gasteiger partial charge in [0.1, 0.15) is 5.75 Å². The van der Waals surface area contributed by atoms with Crippen molar-refractivity contribution in [2.24, 2.45) is 12.8 Å². The monoisotopic (exact) mass is 407 g/mol. The molecular weight excluding hydrogens is 386 g/mol. The average Bonchev–Trinajstić information content (AvgIpc) is 3.29. The number of carbonyl (C=O) groups is 1. The molecule has 0 unspecified atom stereocenters. The number of nitrogens with two attached hydrogens (primary N) is 1. The summed E-state index contributed by atoms with van der Waals surface area (Å²) in [5, 5.41) is 5.93. The molecule has 2 aromatic heterocycles. The first-order valence-corrected chi connectivity index (χ1v) is 10.0. The topological polar surface area (TPSA) is 95.1 Å². The number of carbonyl (C=O) groups excluding carboxylic acids is 1. The molecule has 1 amide bonds. The standard InChI is InChI=1S/C21H21N5O2S/c1-12(2)28-19-7-5-14(20(22)27)9-16(19)24-21-25-17(10-29-21)13-4-6-18-15(8-13)23-11-26(18)3/h4-12H,1-3H3,(H2,22,27)(H,24,25). The van der Waals surface area contributed by atoms with Gasteiger partial charge in [-0.15, -0.1) is 11.3 Å². The van der Waals surface area contributed by atoms with E-state index in [0.717, 1.165) is 22.3 Å². The summed E-state index contributed by atoms with van der Waals surface area (Å²) in [4.78, 5) is 20.7. The zero-order valence-corrected chi connectivity index (χ0v) is 17.2. The van der Waals surface area contributed by atoms with Crippen LogP contribution in [0.4, 0.5) is 10.8 Å². The van der Waals surface area contributed by atoms with Gasteiger partial charge in [-0.05, 0) is 44.2 Å². The fraction of sp³-hybridized carbons (Fsp3) is 0.190. The van der Waals surface area contributed by atoms with Crippen molar-refractivity contribution in [1.82, 2.24) is 14.5 Å². The zero-order chi connectivity index (χ0) is 20.5. The number of nitrogens with one attached hydrogen (secondary N) is 1. The number of fused-ring (bicyclic) bond motifs is 1. The minimum absolute atomic E-state index is 0.00747. The summed E-state index contributed by atoms with van der Waals surface area (Å²) in [5.74, 6) is 0.143. The number of benzene rings is 2. The lowest BCUT2D eigenvalue weighted by Crippen LogP contribution is -2.12. The summed E-state index contributed by atoms with van der Waals surface area (Å²) in [5.41, 5.74) is 10.3. The Morgan fingerprint density at radius 3 is 2.83 bits per heavy atom. The van der Waals surface area contributed by atoms with E-state index in [4.69, 9.17) is 10.5 Å². The highest BCUT2D eigenvalue weighted by atomic mass is 32.1. The number of amides is 1. The van der Waals surface area contributed by atoms with Crippen LogP contribution in [0.2, 0.25) is 0 Å². The Morgan fingerprint density at radius 2 is 2.07 bits per heavy atom. The van der Waals surface area contributed by atoms with E-state index in [0.29, 0.717) is 22.1 Å². The van der Waals surface area contributed by atoms with E-state index in [2.05, 4.69) is 15.3 Å². The Kier molecular flexibility index (Phi) is 4.94. The molecule has 0 bridgehead atoms. The van der Waals surface area contributed by atoms with Gasteiger partial charge in [0.25, 0.3) is 0 Å². The predicted molar refractivity (Wildman–Crippen MR) is 116 cm³/mol. The van der Waals surface area contributed by atoms with Crippen LogP contribution in [-0.2, 0) is 7.05 Å². The minimum Gasteiger partial charge on any atom is -0.489 e. The SMILES string of the molecule is CC(C)Oc1ccc(C(N)=O)cc1Nc1nc(-c2ccc3c(c2)ncn3C)cs1. The van der Waals surface area contributed by atoms with Gasteiger partial charge < -0.3 is 20.4 Å². The van der Waals surface area contributed by atoms with Gasteiger partial charge in [0.05, 0.1) is 34.8 Å². The van der Waals surface area contributed by atoms with E-state index in [-0.39, 0.29) is 6.10 Å². The summed E-state index contributed by atoms with van der Waals surface area (Å²) in [6, 6.07) is 11.2. The van der Waals surface area contributed by atoms with E-state index in [1.54, 1.807) is 24.5 Å². The van der Waals surface area contributed by atoms with Crippen LogP contribution in [0.1, 0.15) is 24.2 Å². The molecule has 4 aromatic rings. The highest BCUT2D eigenvalue weighted by Gasteiger charge is 2.13. The molecule has 0 aliphatic carbocycles. The molecular formula is C21H21N5O2S. The van der Waals surface area contributed by atoms with E-state index in [1.807, 2.05) is 49.0 Å². The van der Waals surface area contributed by atoms with Crippen molar-refractivity contribution < 1.29 is 9.53 Å². The second kappa shape index (κ2) is 7.56. The van der Waals surface area contributed by atoms with Gasteiger partial charge in [-0.2, -0.15) is 0 Å². The number of imidazole rings is 1. The Hall–Kier alpha value is -3.39. The third-order valence-corrected chi connectivity index (χ3v) is 5.15. The largest absolute Gasteiger partial charge is 0.489 e. The van der Waals surface area contributed by atoms with Crippen LogP contribution in [0.3, 0.4) is 0 Å². The van der Waals surface area contributed by atoms with Crippen LogP contribution >= 0.6 is 11.3 Å². The lowest BCUT2D eigenvalue weighted by Gasteiger charge is -2.15. The summed E-state index contributed by atoms with van der Waals surface area (Å²) >= 11 is 1.47. The summed E-state index contributed by atoms with van der Waals surface area (Å²) in [6.07, 6.45) is 1.79. The van der Waals surface area contributed by atoms with Gasteiger partial charge in [-0.25, -0.2) is 9.97 Å². The van der Waals surface area contributed by atoms with E-state index in [9.17, 15) is 4.79 Å². The molecule has 0 saturated carbocycles. The molecule has 7 nitrogen and oxygen atoms in total. The van der Waals surface area contributed by atoms with Crippen molar-refractivity contribution in [3.05, 3.63) is 53.7 Å². The number of aryl methyl sites for hydroxylation is 1. The third kappa shape index (κ3) is 3.93. The first-order chi connectivity index (χ1) is 13.9. The number of anilines is 2. The maximum absolute atomic E-state index is 11.6. The summed E-state index contributed by atoms with van der Waals surface area (Å²) < 4.78 is 7.83. The first kappa shape index (κ1) is 18.9. The van der Waals surface area contributed by atoms with Crippen molar-refractivity contribution in [2.75, 3.05) is 5.32 Å². The molecule has 29 heavy (non-hydrogen) atoms. The van der Waals surface area contributed by atoms with Gasteiger partial charge in [-0.3, -0.25) is 4.79 Å². The maximum atomic E-state index is 11.6. The number of hydrogen-bond donors (Lipinski definition) is 2. The molecule has 0 fully saturated rings. The lowest BCUT2D eigenvalue weighted by molar-refractivity contribution is 0.100. The summed E-state index contributed by atoms with van der Waals surface area (Å²) in [6.45, 7) is 3.89. The number of hydrogen-bond acceptors (Lipinski definition) is 6. The number of ether oxygens (including phenoxy) is 1. The molecule has 2 aromatic carbocycles. The van der Waals surface area contributed by atoms with E-state index >= 15 is 0 Å². The average molecular weight is 407 g/mol. The number of rotatable bonds is 6. The lowest BCUT2D eigenvalue weighted by atomic mass is 10.1. The fourth-order valence-electron chi connectivity index (χ4n) is 3.01. The molecule has 0 saturated heterocycles. The predicted octanol–water partition coefficient (Wildman–Crippen LogP) is 4.33. The van der Waals surface area contributed by atoms with Crippen LogP contribution in [0.5, 0.6) is 5.75 Å². The van der Waals surface area contributed by atoms with Crippen molar-refractivity contribution in [3.8, 4) is 17.0 Å². The van der Waals surface area contributed by atoms with Crippen molar-refractivity contribution in [3.63, 3.8) is 0 Å². The van der Waals surface area contributed by atoms with Gasteiger partial charge in [0, 0.05) is 23.6 Å².